The standard InChI is InChI=1S/C16H26N2OS/c1-4-15(17)16(18-9-10-20-12(2)11-18)13-5-7-14(19-3)8-6-13/h5-8,12,15-16H,4,9-11,17H2,1-3H3. The third-order valence-corrected chi connectivity index (χ3v) is 5.14. The van der Waals surface area contributed by atoms with E-state index in [0.717, 1.165) is 25.3 Å². The van der Waals surface area contributed by atoms with Gasteiger partial charge in [0.1, 0.15) is 5.75 Å². The predicted molar refractivity (Wildman–Crippen MR) is 87.5 cm³/mol. The van der Waals surface area contributed by atoms with Crippen LogP contribution >= 0.6 is 11.8 Å². The van der Waals surface area contributed by atoms with Gasteiger partial charge < -0.3 is 10.5 Å². The number of nitrogens with zero attached hydrogens (tertiary/aromatic N) is 1. The summed E-state index contributed by atoms with van der Waals surface area (Å²) in [6, 6.07) is 8.88. The second-order valence-electron chi connectivity index (χ2n) is 5.47. The summed E-state index contributed by atoms with van der Waals surface area (Å²) in [6.45, 7) is 6.72. The summed E-state index contributed by atoms with van der Waals surface area (Å²) >= 11 is 2.06. The normalized spacial score (nSPS) is 23.3. The molecule has 1 aromatic carbocycles. The van der Waals surface area contributed by atoms with Crippen LogP contribution < -0.4 is 10.5 Å². The van der Waals surface area contributed by atoms with Crippen LogP contribution in [0.4, 0.5) is 0 Å². The molecule has 112 valence electrons. The van der Waals surface area contributed by atoms with Gasteiger partial charge in [0, 0.05) is 36.2 Å². The minimum Gasteiger partial charge on any atom is -0.497 e. The Morgan fingerprint density at radius 3 is 2.65 bits per heavy atom. The third-order valence-electron chi connectivity index (χ3n) is 4.00. The summed E-state index contributed by atoms with van der Waals surface area (Å²) in [5.41, 5.74) is 7.72. The monoisotopic (exact) mass is 294 g/mol. The number of hydrogen-bond donors (Lipinski definition) is 1. The average Bonchev–Trinajstić information content (AvgIpc) is 2.48. The maximum atomic E-state index is 6.42. The number of nitrogens with two attached hydrogens (primary N) is 1. The molecule has 0 spiro atoms. The number of hydrogen-bond acceptors (Lipinski definition) is 4. The van der Waals surface area contributed by atoms with Crippen LogP contribution in [0, 0.1) is 0 Å². The fraction of sp³-hybridized carbons (Fsp3) is 0.625. The summed E-state index contributed by atoms with van der Waals surface area (Å²) in [6.07, 6.45) is 0.995. The molecule has 4 heteroatoms. The Balaban J connectivity index is 2.21. The highest BCUT2D eigenvalue weighted by atomic mass is 32.2. The first-order valence-electron chi connectivity index (χ1n) is 7.41. The molecule has 3 nitrogen and oxygen atoms in total. The van der Waals surface area contributed by atoms with Crippen molar-refractivity contribution in [2.75, 3.05) is 26.0 Å². The Labute approximate surface area is 126 Å². The lowest BCUT2D eigenvalue weighted by molar-refractivity contribution is 0.176. The van der Waals surface area contributed by atoms with Gasteiger partial charge in [0.25, 0.3) is 0 Å². The van der Waals surface area contributed by atoms with E-state index >= 15 is 0 Å². The van der Waals surface area contributed by atoms with Crippen LogP contribution in [0.2, 0.25) is 0 Å². The van der Waals surface area contributed by atoms with Gasteiger partial charge in [-0.3, -0.25) is 4.90 Å². The first-order valence-corrected chi connectivity index (χ1v) is 8.45. The lowest BCUT2D eigenvalue weighted by Crippen LogP contribution is -2.46. The van der Waals surface area contributed by atoms with Crippen LogP contribution in [0.1, 0.15) is 31.9 Å². The maximum absolute atomic E-state index is 6.42. The Morgan fingerprint density at radius 1 is 1.40 bits per heavy atom. The van der Waals surface area contributed by atoms with Gasteiger partial charge in [0.15, 0.2) is 0 Å². The van der Waals surface area contributed by atoms with E-state index in [0.29, 0.717) is 11.3 Å². The number of thioether (sulfide) groups is 1. The van der Waals surface area contributed by atoms with Crippen molar-refractivity contribution in [1.82, 2.24) is 4.90 Å². The van der Waals surface area contributed by atoms with Crippen molar-refractivity contribution in [1.29, 1.82) is 0 Å². The molecule has 3 atom stereocenters. The Kier molecular flexibility index (Phi) is 5.75. The lowest BCUT2D eigenvalue weighted by Gasteiger charge is -2.40. The quantitative estimate of drug-likeness (QED) is 0.906. The van der Waals surface area contributed by atoms with Crippen molar-refractivity contribution in [3.8, 4) is 5.75 Å². The van der Waals surface area contributed by atoms with E-state index in [1.807, 2.05) is 12.1 Å². The summed E-state index contributed by atoms with van der Waals surface area (Å²) in [4.78, 5) is 2.55. The molecule has 2 N–H and O–H groups in total. The summed E-state index contributed by atoms with van der Waals surface area (Å²) in [5, 5.41) is 0.688. The van der Waals surface area contributed by atoms with Crippen molar-refractivity contribution in [3.05, 3.63) is 29.8 Å². The van der Waals surface area contributed by atoms with Gasteiger partial charge in [0.2, 0.25) is 0 Å². The lowest BCUT2D eigenvalue weighted by atomic mass is 9.96. The van der Waals surface area contributed by atoms with Crippen LogP contribution in [-0.4, -0.2) is 42.1 Å². The number of ether oxygens (including phenoxy) is 1. The highest BCUT2D eigenvalue weighted by Gasteiger charge is 2.29. The number of rotatable bonds is 5. The Bertz CT molecular complexity index is 409. The fourth-order valence-electron chi connectivity index (χ4n) is 2.85. The van der Waals surface area contributed by atoms with Gasteiger partial charge in [0.05, 0.1) is 7.11 Å². The summed E-state index contributed by atoms with van der Waals surface area (Å²) in [5.74, 6) is 2.10. The van der Waals surface area contributed by atoms with Crippen LogP contribution in [0.5, 0.6) is 5.75 Å². The molecule has 1 aliphatic heterocycles. The predicted octanol–water partition coefficient (Wildman–Crippen LogP) is 2.91. The average molecular weight is 294 g/mol. The molecule has 0 aromatic heterocycles. The van der Waals surface area contributed by atoms with Crippen molar-refractivity contribution in [2.45, 2.75) is 37.6 Å². The van der Waals surface area contributed by atoms with E-state index in [1.165, 1.54) is 11.3 Å². The minimum absolute atomic E-state index is 0.179. The van der Waals surface area contributed by atoms with E-state index in [2.05, 4.69) is 42.6 Å². The summed E-state index contributed by atoms with van der Waals surface area (Å²) in [7, 11) is 1.70. The maximum Gasteiger partial charge on any atom is 0.118 e. The molecule has 0 bridgehead atoms. The molecule has 2 rings (SSSR count). The van der Waals surface area contributed by atoms with Gasteiger partial charge >= 0.3 is 0 Å². The number of methoxy groups -OCH3 is 1. The van der Waals surface area contributed by atoms with Crippen molar-refractivity contribution < 1.29 is 4.74 Å². The third kappa shape index (κ3) is 3.68. The van der Waals surface area contributed by atoms with E-state index < -0.39 is 0 Å². The Hall–Kier alpha value is -0.710. The highest BCUT2D eigenvalue weighted by Crippen LogP contribution is 2.31. The van der Waals surface area contributed by atoms with Crippen LogP contribution in [-0.2, 0) is 0 Å². The molecular formula is C16H26N2OS. The zero-order valence-electron chi connectivity index (χ0n) is 12.7. The molecule has 0 saturated carbocycles. The molecule has 3 unspecified atom stereocenters. The van der Waals surface area contributed by atoms with Crippen LogP contribution in [0.15, 0.2) is 24.3 Å². The second-order valence-corrected chi connectivity index (χ2v) is 7.01. The van der Waals surface area contributed by atoms with Gasteiger partial charge in [-0.05, 0) is 24.1 Å². The summed E-state index contributed by atoms with van der Waals surface area (Å²) < 4.78 is 5.25. The first kappa shape index (κ1) is 15.7. The van der Waals surface area contributed by atoms with Gasteiger partial charge in [-0.2, -0.15) is 11.8 Å². The molecule has 20 heavy (non-hydrogen) atoms. The van der Waals surface area contributed by atoms with E-state index in [4.69, 9.17) is 10.5 Å². The molecule has 0 amide bonds. The fourth-order valence-corrected chi connectivity index (χ4v) is 3.89. The molecule has 0 aliphatic carbocycles. The zero-order valence-corrected chi connectivity index (χ0v) is 13.5. The number of benzene rings is 1. The van der Waals surface area contributed by atoms with Gasteiger partial charge in [-0.15, -0.1) is 0 Å². The molecular weight excluding hydrogens is 268 g/mol. The molecule has 1 aliphatic rings. The highest BCUT2D eigenvalue weighted by molar-refractivity contribution is 7.99. The molecule has 0 radical (unpaired) electrons. The van der Waals surface area contributed by atoms with E-state index in [1.54, 1.807) is 7.11 Å². The smallest absolute Gasteiger partial charge is 0.118 e. The molecule has 1 heterocycles. The topological polar surface area (TPSA) is 38.5 Å². The van der Waals surface area contributed by atoms with Crippen molar-refractivity contribution >= 4 is 11.8 Å². The molecule has 1 fully saturated rings. The molecule has 1 saturated heterocycles. The Morgan fingerprint density at radius 2 is 2.10 bits per heavy atom. The second kappa shape index (κ2) is 7.34. The first-order chi connectivity index (χ1) is 9.65. The van der Waals surface area contributed by atoms with Gasteiger partial charge in [-0.25, -0.2) is 0 Å². The van der Waals surface area contributed by atoms with Crippen molar-refractivity contribution in [3.63, 3.8) is 0 Å². The SMILES string of the molecule is CCC(N)C(c1ccc(OC)cc1)N1CCSC(C)C1. The van der Waals surface area contributed by atoms with Crippen LogP contribution in [0.3, 0.4) is 0 Å². The van der Waals surface area contributed by atoms with E-state index in [9.17, 15) is 0 Å². The van der Waals surface area contributed by atoms with Crippen LogP contribution in [0.25, 0.3) is 0 Å². The van der Waals surface area contributed by atoms with Gasteiger partial charge in [-0.1, -0.05) is 26.0 Å². The minimum atomic E-state index is 0.179. The van der Waals surface area contributed by atoms with E-state index in [-0.39, 0.29) is 6.04 Å². The molecule has 1 aromatic rings. The zero-order chi connectivity index (χ0) is 14.5. The largest absolute Gasteiger partial charge is 0.497 e. The van der Waals surface area contributed by atoms with Crippen molar-refractivity contribution in [2.24, 2.45) is 5.73 Å².